The van der Waals surface area contributed by atoms with E-state index in [1.54, 1.807) is 24.3 Å². The van der Waals surface area contributed by atoms with Crippen LogP contribution in [0.3, 0.4) is 0 Å². The fourth-order valence-corrected chi connectivity index (χ4v) is 3.42. The second kappa shape index (κ2) is 12.3. The topological polar surface area (TPSA) is 97.5 Å². The van der Waals surface area contributed by atoms with Gasteiger partial charge < -0.3 is 0 Å². The molecular weight excluding hydrogens is 444 g/mol. The van der Waals surface area contributed by atoms with Crippen LogP contribution in [0.15, 0.2) is 107 Å². The van der Waals surface area contributed by atoms with Crippen molar-refractivity contribution in [2.24, 2.45) is 10.2 Å². The zero-order chi connectivity index (χ0) is 25.0. The Bertz CT molecular complexity index is 1370. The number of azide groups is 2. The lowest BCUT2D eigenvalue weighted by molar-refractivity contribution is 1.47. The van der Waals surface area contributed by atoms with Crippen LogP contribution in [-0.4, -0.2) is 0 Å². The fourth-order valence-electron chi connectivity index (χ4n) is 3.42. The zero-order valence-corrected chi connectivity index (χ0v) is 19.4. The normalized spacial score (nSPS) is 11.0. The van der Waals surface area contributed by atoms with Crippen molar-refractivity contribution in [3.63, 3.8) is 0 Å². The van der Waals surface area contributed by atoms with Gasteiger partial charge in [0, 0.05) is 21.2 Å². The monoisotopic (exact) mass is 466 g/mol. The Morgan fingerprint density at radius 3 is 0.750 bits per heavy atom. The minimum Gasteiger partial charge on any atom is -0.0608 e. The van der Waals surface area contributed by atoms with Gasteiger partial charge in [-0.2, -0.15) is 0 Å². The molecule has 0 N–H and O–H groups in total. The molecule has 6 nitrogen and oxygen atoms in total. The zero-order valence-electron chi connectivity index (χ0n) is 19.4. The average molecular weight is 467 g/mol. The predicted molar refractivity (Wildman–Crippen MR) is 150 cm³/mol. The van der Waals surface area contributed by atoms with E-state index in [0.717, 1.165) is 33.4 Å². The maximum absolute atomic E-state index is 8.48. The summed E-state index contributed by atoms with van der Waals surface area (Å²) in [4.78, 5) is 5.58. The number of hydrogen-bond donors (Lipinski definition) is 0. The van der Waals surface area contributed by atoms with Gasteiger partial charge >= 0.3 is 0 Å². The van der Waals surface area contributed by atoms with Crippen LogP contribution >= 0.6 is 0 Å². The van der Waals surface area contributed by atoms with Gasteiger partial charge in [0.1, 0.15) is 0 Å². The molecule has 4 rings (SSSR count). The van der Waals surface area contributed by atoms with Gasteiger partial charge in [-0.05, 0) is 44.4 Å². The van der Waals surface area contributed by atoms with E-state index in [-0.39, 0.29) is 0 Å². The van der Waals surface area contributed by atoms with E-state index >= 15 is 0 Å². The summed E-state index contributed by atoms with van der Waals surface area (Å²) in [5.41, 5.74) is 24.7. The molecule has 0 aliphatic heterocycles. The van der Waals surface area contributed by atoms with Crippen molar-refractivity contribution in [1.29, 1.82) is 0 Å². The van der Waals surface area contributed by atoms with Gasteiger partial charge in [-0.15, -0.1) is 0 Å². The second-order valence-corrected chi connectivity index (χ2v) is 7.90. The standard InChI is InChI=1S/C30H22N6/c31-35-33-29-19-15-27(16-20-29)13-11-25-7-3-23(4-8-25)1-2-24-5-9-26(10-6-24)12-14-28-17-21-30(22-18-28)34-36-32/h1-22H. The van der Waals surface area contributed by atoms with Gasteiger partial charge in [-0.1, -0.05) is 144 Å². The van der Waals surface area contributed by atoms with Crippen molar-refractivity contribution in [3.8, 4) is 0 Å². The molecule has 0 aromatic heterocycles. The van der Waals surface area contributed by atoms with Crippen LogP contribution in [0.1, 0.15) is 33.4 Å². The van der Waals surface area contributed by atoms with Gasteiger partial charge in [0.25, 0.3) is 0 Å². The summed E-state index contributed by atoms with van der Waals surface area (Å²) in [5, 5.41) is 7.16. The van der Waals surface area contributed by atoms with Crippen LogP contribution < -0.4 is 0 Å². The first-order valence-corrected chi connectivity index (χ1v) is 11.3. The minimum atomic E-state index is 0.604. The Hall–Kier alpha value is -5.28. The number of benzene rings is 4. The van der Waals surface area contributed by atoms with E-state index < -0.39 is 0 Å². The molecule has 0 heterocycles. The first-order chi connectivity index (χ1) is 17.7. The third-order valence-electron chi connectivity index (χ3n) is 5.38. The van der Waals surface area contributed by atoms with Gasteiger partial charge in [0.15, 0.2) is 0 Å². The van der Waals surface area contributed by atoms with Crippen LogP contribution in [0, 0.1) is 0 Å². The molecule has 4 aromatic rings. The highest BCUT2D eigenvalue weighted by Crippen LogP contribution is 2.18. The Balaban J connectivity index is 1.33. The van der Waals surface area contributed by atoms with Crippen LogP contribution in [-0.2, 0) is 0 Å². The number of hydrogen-bond acceptors (Lipinski definition) is 2. The van der Waals surface area contributed by atoms with Crippen molar-refractivity contribution >= 4 is 47.8 Å². The summed E-state index contributed by atoms with van der Waals surface area (Å²) in [7, 11) is 0. The molecule has 4 aromatic carbocycles. The van der Waals surface area contributed by atoms with Crippen LogP contribution in [0.2, 0.25) is 0 Å². The maximum Gasteiger partial charge on any atom is 0.0375 e. The highest BCUT2D eigenvalue weighted by atomic mass is 15.1. The van der Waals surface area contributed by atoms with E-state index in [9.17, 15) is 0 Å². The summed E-state index contributed by atoms with van der Waals surface area (Å²) in [5.74, 6) is 0. The lowest BCUT2D eigenvalue weighted by Crippen LogP contribution is -1.77. The van der Waals surface area contributed by atoms with Gasteiger partial charge in [0.2, 0.25) is 0 Å². The maximum atomic E-state index is 8.48. The molecule has 0 unspecified atom stereocenters. The highest BCUT2D eigenvalue weighted by Gasteiger charge is 1.94. The molecule has 172 valence electrons. The lowest BCUT2D eigenvalue weighted by atomic mass is 10.1. The molecule has 0 spiro atoms. The second-order valence-electron chi connectivity index (χ2n) is 7.90. The van der Waals surface area contributed by atoms with Crippen molar-refractivity contribution in [2.45, 2.75) is 0 Å². The van der Waals surface area contributed by atoms with Crippen LogP contribution in [0.5, 0.6) is 0 Å². The molecule has 0 saturated heterocycles. The van der Waals surface area contributed by atoms with Crippen molar-refractivity contribution < 1.29 is 0 Å². The minimum absolute atomic E-state index is 0.604. The number of nitrogens with zero attached hydrogens (tertiary/aromatic N) is 6. The Kier molecular flexibility index (Phi) is 8.13. The molecule has 36 heavy (non-hydrogen) atoms. The molecule has 0 aliphatic rings. The molecular formula is C30H22N6. The van der Waals surface area contributed by atoms with Crippen molar-refractivity contribution in [2.75, 3.05) is 0 Å². The molecule has 0 saturated carbocycles. The largest absolute Gasteiger partial charge is 0.0608 e. The number of rotatable bonds is 8. The van der Waals surface area contributed by atoms with Crippen molar-refractivity contribution in [1.82, 2.24) is 0 Å². The third-order valence-corrected chi connectivity index (χ3v) is 5.38. The Morgan fingerprint density at radius 1 is 0.361 bits per heavy atom. The third kappa shape index (κ3) is 7.11. The first-order valence-electron chi connectivity index (χ1n) is 11.3. The lowest BCUT2D eigenvalue weighted by Gasteiger charge is -1.99. The SMILES string of the molecule is [N-]=[N+]=Nc1ccc(C=Cc2ccc(C=Cc3ccc(C=Cc4ccc(N=[N+]=[N-])cc4)cc3)cc2)cc1. The van der Waals surface area contributed by atoms with Crippen LogP contribution in [0.4, 0.5) is 11.4 Å². The van der Waals surface area contributed by atoms with Gasteiger partial charge in [-0.25, -0.2) is 0 Å². The summed E-state index contributed by atoms with van der Waals surface area (Å²) in [6.45, 7) is 0. The van der Waals surface area contributed by atoms with Gasteiger partial charge in [0.05, 0.1) is 0 Å². The van der Waals surface area contributed by atoms with Crippen LogP contribution in [0.25, 0.3) is 57.3 Å². The Morgan fingerprint density at radius 2 is 0.556 bits per heavy atom. The smallest absolute Gasteiger partial charge is 0.0375 e. The van der Waals surface area contributed by atoms with Gasteiger partial charge in [-0.3, -0.25) is 0 Å². The molecule has 0 atom stereocenters. The average Bonchev–Trinajstić information content (AvgIpc) is 2.93. The molecule has 6 heteroatoms. The van der Waals surface area contributed by atoms with E-state index in [1.807, 2.05) is 36.4 Å². The molecule has 0 fully saturated rings. The van der Waals surface area contributed by atoms with Crippen molar-refractivity contribution in [3.05, 3.63) is 151 Å². The Labute approximate surface area is 209 Å². The highest BCUT2D eigenvalue weighted by molar-refractivity contribution is 5.75. The molecule has 0 radical (unpaired) electrons. The quantitative estimate of drug-likeness (QED) is 0.107. The van der Waals surface area contributed by atoms with E-state index in [4.69, 9.17) is 11.1 Å². The van der Waals surface area contributed by atoms with E-state index in [2.05, 4.69) is 92.9 Å². The molecule has 0 aliphatic carbocycles. The summed E-state index contributed by atoms with van der Waals surface area (Å²) in [6, 6.07) is 31.5. The van der Waals surface area contributed by atoms with E-state index in [0.29, 0.717) is 11.4 Å². The fraction of sp³-hybridized carbons (Fsp3) is 0. The van der Waals surface area contributed by atoms with E-state index in [1.165, 1.54) is 0 Å². The first kappa shape index (κ1) is 23.9. The summed E-state index contributed by atoms with van der Waals surface area (Å²) >= 11 is 0. The molecule has 0 amide bonds. The predicted octanol–water partition coefficient (Wildman–Crippen LogP) is 10.1. The summed E-state index contributed by atoms with van der Waals surface area (Å²) < 4.78 is 0. The molecule has 0 bridgehead atoms. The summed E-state index contributed by atoms with van der Waals surface area (Å²) in [6.07, 6.45) is 12.3.